The molecule has 2 heterocycles. The smallest absolute Gasteiger partial charge is 0.379 e. The van der Waals surface area contributed by atoms with Gasteiger partial charge in [-0.1, -0.05) is 24.3 Å². The molecule has 0 spiro atoms. The molecule has 3 aromatic rings. The first-order chi connectivity index (χ1) is 21.9. The van der Waals surface area contributed by atoms with Crippen LogP contribution in [-0.2, 0) is 30.1 Å². The van der Waals surface area contributed by atoms with E-state index in [1.807, 2.05) is 18.2 Å². The fourth-order valence-corrected chi connectivity index (χ4v) is 5.52. The number of fused-ring (bicyclic) bond motifs is 1. The van der Waals surface area contributed by atoms with E-state index in [2.05, 4.69) is 31.8 Å². The van der Waals surface area contributed by atoms with Crippen molar-refractivity contribution in [3.05, 3.63) is 88.5 Å². The van der Waals surface area contributed by atoms with Crippen molar-refractivity contribution in [2.45, 2.75) is 31.7 Å². The largest absolute Gasteiger partial charge is 0.416 e. The second-order valence-corrected chi connectivity index (χ2v) is 11.1. The van der Waals surface area contributed by atoms with E-state index in [-0.39, 0.29) is 23.2 Å². The first-order valence-corrected chi connectivity index (χ1v) is 14.8. The van der Waals surface area contributed by atoms with Crippen LogP contribution in [0.25, 0.3) is 0 Å². The van der Waals surface area contributed by atoms with E-state index in [0.29, 0.717) is 57.1 Å². The zero-order valence-corrected chi connectivity index (χ0v) is 24.7. The molecule has 0 unspecified atom stereocenters. The number of halogens is 6. The SMILES string of the molecule is O=C(Nc1cc(C(F)(F)F)cc(C(F)(F)F)c1)Nc1ccc(N2CCc3ccccc3C2)c(C(=O)NCCCN2CCOCC2)c1. The summed E-state index contributed by atoms with van der Waals surface area (Å²) >= 11 is 0. The van der Waals surface area contributed by atoms with Gasteiger partial charge in [0.05, 0.1) is 29.9 Å². The topological polar surface area (TPSA) is 85.9 Å². The number of nitrogens with zero attached hydrogens (tertiary/aromatic N) is 2. The second-order valence-electron chi connectivity index (χ2n) is 11.1. The third-order valence-electron chi connectivity index (χ3n) is 7.86. The van der Waals surface area contributed by atoms with Crippen molar-refractivity contribution >= 4 is 29.0 Å². The molecule has 46 heavy (non-hydrogen) atoms. The normalized spacial score (nSPS) is 15.7. The van der Waals surface area contributed by atoms with Gasteiger partial charge in [-0.15, -0.1) is 0 Å². The number of hydrogen-bond donors (Lipinski definition) is 3. The first-order valence-electron chi connectivity index (χ1n) is 14.8. The van der Waals surface area contributed by atoms with Crippen LogP contribution in [0.2, 0.25) is 0 Å². The number of morpholine rings is 1. The van der Waals surface area contributed by atoms with E-state index < -0.39 is 35.2 Å². The third kappa shape index (κ3) is 8.49. The number of carbonyl (C=O) groups is 2. The summed E-state index contributed by atoms with van der Waals surface area (Å²) in [6, 6.07) is 12.4. The number of hydrogen-bond acceptors (Lipinski definition) is 5. The predicted molar refractivity (Wildman–Crippen MR) is 161 cm³/mol. The number of benzene rings is 3. The number of amides is 3. The molecule has 3 amide bonds. The summed E-state index contributed by atoms with van der Waals surface area (Å²) < 4.78 is 85.0. The molecule has 3 aromatic carbocycles. The Bertz CT molecular complexity index is 1520. The van der Waals surface area contributed by atoms with Gasteiger partial charge >= 0.3 is 18.4 Å². The van der Waals surface area contributed by atoms with Gasteiger partial charge in [-0.2, -0.15) is 26.3 Å². The van der Waals surface area contributed by atoms with E-state index in [1.54, 1.807) is 6.07 Å². The van der Waals surface area contributed by atoms with E-state index in [9.17, 15) is 35.9 Å². The number of anilines is 3. The molecule has 1 saturated heterocycles. The number of rotatable bonds is 8. The fourth-order valence-electron chi connectivity index (χ4n) is 5.52. The van der Waals surface area contributed by atoms with Crippen LogP contribution in [0.15, 0.2) is 60.7 Å². The van der Waals surface area contributed by atoms with Crippen LogP contribution in [-0.4, -0.2) is 62.8 Å². The number of alkyl halides is 6. The molecule has 14 heteroatoms. The summed E-state index contributed by atoms with van der Waals surface area (Å²) in [6.07, 6.45) is -8.67. The Balaban J connectivity index is 1.33. The van der Waals surface area contributed by atoms with Gasteiger partial charge in [-0.05, 0) is 66.9 Å². The minimum absolute atomic E-state index is 0.0212. The molecular formula is C32H33F6N5O3. The maximum absolute atomic E-state index is 13.5. The van der Waals surface area contributed by atoms with Crippen LogP contribution >= 0.6 is 0 Å². The fraction of sp³-hybridized carbons (Fsp3) is 0.375. The molecule has 0 bridgehead atoms. The van der Waals surface area contributed by atoms with Gasteiger partial charge in [0.2, 0.25) is 0 Å². The third-order valence-corrected chi connectivity index (χ3v) is 7.86. The van der Waals surface area contributed by atoms with Crippen molar-refractivity contribution < 1.29 is 40.7 Å². The van der Waals surface area contributed by atoms with Crippen molar-refractivity contribution in [1.29, 1.82) is 0 Å². The lowest BCUT2D eigenvalue weighted by Crippen LogP contribution is -2.38. The Kier molecular flexibility index (Phi) is 10.1. The highest BCUT2D eigenvalue weighted by Crippen LogP contribution is 2.37. The van der Waals surface area contributed by atoms with Gasteiger partial charge in [0.1, 0.15) is 0 Å². The van der Waals surface area contributed by atoms with Gasteiger partial charge in [0.15, 0.2) is 0 Å². The molecule has 2 aliphatic heterocycles. The first kappa shape index (κ1) is 33.1. The quantitative estimate of drug-likeness (QED) is 0.195. The summed E-state index contributed by atoms with van der Waals surface area (Å²) in [6.45, 7) is 5.35. The van der Waals surface area contributed by atoms with Gasteiger partial charge in [-0.25, -0.2) is 4.79 Å². The molecule has 0 radical (unpaired) electrons. The Hall–Kier alpha value is -4.30. The molecule has 0 aliphatic carbocycles. The van der Waals surface area contributed by atoms with Crippen LogP contribution in [0.1, 0.15) is 39.0 Å². The standard InChI is InChI=1S/C32H33F6N5O3/c33-31(34,35)23-16-24(32(36,37)38)18-26(17-23)41-30(45)40-25-6-7-28(43-11-8-21-4-1-2-5-22(21)20-43)27(19-25)29(44)39-9-3-10-42-12-14-46-15-13-42/h1-2,4-7,16-19H,3,8-15,20H2,(H,39,44)(H2,40,41,45). The van der Waals surface area contributed by atoms with Crippen molar-refractivity contribution in [3.8, 4) is 0 Å². The Morgan fingerprint density at radius 1 is 0.783 bits per heavy atom. The van der Waals surface area contributed by atoms with E-state index in [4.69, 9.17) is 4.74 Å². The summed E-state index contributed by atoms with van der Waals surface area (Å²) in [5.41, 5.74) is -0.463. The zero-order valence-electron chi connectivity index (χ0n) is 24.7. The highest BCUT2D eigenvalue weighted by atomic mass is 19.4. The van der Waals surface area contributed by atoms with Crippen LogP contribution < -0.4 is 20.9 Å². The highest BCUT2D eigenvalue weighted by Gasteiger charge is 2.37. The Morgan fingerprint density at radius 3 is 2.11 bits per heavy atom. The maximum Gasteiger partial charge on any atom is 0.416 e. The molecule has 0 aromatic heterocycles. The molecule has 2 aliphatic rings. The minimum atomic E-state index is -5.07. The number of carbonyl (C=O) groups excluding carboxylic acids is 2. The summed E-state index contributed by atoms with van der Waals surface area (Å²) in [5.74, 6) is -0.382. The molecule has 8 nitrogen and oxygen atoms in total. The summed E-state index contributed by atoms with van der Waals surface area (Å²) in [5, 5.41) is 7.41. The Morgan fingerprint density at radius 2 is 1.43 bits per heavy atom. The number of urea groups is 1. The van der Waals surface area contributed by atoms with Crippen LogP contribution in [0.4, 0.5) is 48.2 Å². The van der Waals surface area contributed by atoms with Gasteiger partial charge in [0.25, 0.3) is 5.91 Å². The summed E-state index contributed by atoms with van der Waals surface area (Å²) in [7, 11) is 0. The van der Waals surface area contributed by atoms with Crippen molar-refractivity contribution in [2.24, 2.45) is 0 Å². The van der Waals surface area contributed by atoms with Crippen molar-refractivity contribution in [3.63, 3.8) is 0 Å². The Labute approximate surface area is 261 Å². The molecule has 5 rings (SSSR count). The summed E-state index contributed by atoms with van der Waals surface area (Å²) in [4.78, 5) is 30.5. The number of nitrogens with one attached hydrogen (secondary N) is 3. The predicted octanol–water partition coefficient (Wildman–Crippen LogP) is 6.38. The highest BCUT2D eigenvalue weighted by molar-refractivity contribution is 6.04. The van der Waals surface area contributed by atoms with E-state index >= 15 is 0 Å². The average Bonchev–Trinajstić information content (AvgIpc) is 3.02. The van der Waals surface area contributed by atoms with Gasteiger partial charge in [-0.3, -0.25) is 9.69 Å². The van der Waals surface area contributed by atoms with Gasteiger partial charge < -0.3 is 25.6 Å². The van der Waals surface area contributed by atoms with E-state index in [0.717, 1.165) is 31.6 Å². The monoisotopic (exact) mass is 649 g/mol. The molecule has 0 atom stereocenters. The van der Waals surface area contributed by atoms with Crippen molar-refractivity contribution in [1.82, 2.24) is 10.2 Å². The number of ether oxygens (including phenoxy) is 1. The average molecular weight is 650 g/mol. The molecule has 0 saturated carbocycles. The second kappa shape index (κ2) is 14.0. The lowest BCUT2D eigenvalue weighted by atomic mass is 9.98. The van der Waals surface area contributed by atoms with Crippen LogP contribution in [0.3, 0.4) is 0 Å². The minimum Gasteiger partial charge on any atom is -0.379 e. The molecule has 246 valence electrons. The molecular weight excluding hydrogens is 616 g/mol. The van der Waals surface area contributed by atoms with Crippen LogP contribution in [0.5, 0.6) is 0 Å². The zero-order chi connectivity index (χ0) is 32.9. The maximum atomic E-state index is 13.5. The molecule has 3 N–H and O–H groups in total. The lowest BCUT2D eigenvalue weighted by Gasteiger charge is -2.32. The van der Waals surface area contributed by atoms with Crippen molar-refractivity contribution in [2.75, 3.05) is 61.5 Å². The molecule has 1 fully saturated rings. The van der Waals surface area contributed by atoms with Gasteiger partial charge in [0, 0.05) is 49.8 Å². The lowest BCUT2D eigenvalue weighted by molar-refractivity contribution is -0.143. The van der Waals surface area contributed by atoms with E-state index in [1.165, 1.54) is 17.7 Å². The van der Waals surface area contributed by atoms with Crippen LogP contribution in [0, 0.1) is 0 Å².